The normalized spacial score (nSPS) is 10.0. The summed E-state index contributed by atoms with van der Waals surface area (Å²) < 4.78 is 5.67. The van der Waals surface area contributed by atoms with E-state index in [1.807, 2.05) is 67.6 Å². The molecule has 30 heavy (non-hydrogen) atoms. The zero-order valence-corrected chi connectivity index (χ0v) is 17.2. The van der Waals surface area contributed by atoms with E-state index in [4.69, 9.17) is 17.0 Å². The second-order valence-corrected chi connectivity index (χ2v) is 6.83. The quantitative estimate of drug-likeness (QED) is 0.437. The molecule has 6 nitrogen and oxygen atoms in total. The van der Waals surface area contributed by atoms with Gasteiger partial charge in [0.2, 0.25) is 0 Å². The number of para-hydroxylation sites is 1. The number of hydrogen-bond donors (Lipinski definition) is 3. The maximum Gasteiger partial charge on any atom is 0.276 e. The van der Waals surface area contributed by atoms with Crippen LogP contribution in [0.3, 0.4) is 0 Å². The first-order valence-corrected chi connectivity index (χ1v) is 9.68. The number of aryl methyl sites for hydroxylation is 1. The minimum Gasteiger partial charge on any atom is -0.483 e. The van der Waals surface area contributed by atoms with Gasteiger partial charge in [-0.2, -0.15) is 0 Å². The number of nitrogens with one attached hydrogen (secondary N) is 3. The third-order valence-electron chi connectivity index (χ3n) is 4.26. The molecule has 3 rings (SSSR count). The molecule has 0 saturated carbocycles. The van der Waals surface area contributed by atoms with Gasteiger partial charge in [-0.3, -0.25) is 25.8 Å². The van der Waals surface area contributed by atoms with E-state index in [1.54, 1.807) is 18.2 Å². The van der Waals surface area contributed by atoms with Gasteiger partial charge < -0.3 is 4.74 Å². The molecule has 0 aliphatic rings. The van der Waals surface area contributed by atoms with E-state index in [0.29, 0.717) is 11.3 Å². The second-order valence-electron chi connectivity index (χ2n) is 6.42. The van der Waals surface area contributed by atoms with Gasteiger partial charge in [-0.05, 0) is 42.4 Å². The van der Waals surface area contributed by atoms with Gasteiger partial charge >= 0.3 is 0 Å². The van der Waals surface area contributed by atoms with Crippen LogP contribution in [0, 0.1) is 6.92 Å². The molecule has 0 saturated heterocycles. The van der Waals surface area contributed by atoms with Crippen LogP contribution in [0.1, 0.15) is 15.9 Å². The third-order valence-corrected chi connectivity index (χ3v) is 4.47. The van der Waals surface area contributed by atoms with Gasteiger partial charge in [0.25, 0.3) is 11.8 Å². The smallest absolute Gasteiger partial charge is 0.276 e. The van der Waals surface area contributed by atoms with Crippen LogP contribution < -0.4 is 20.9 Å². The topological polar surface area (TPSA) is 79.5 Å². The van der Waals surface area contributed by atoms with Crippen molar-refractivity contribution in [1.29, 1.82) is 0 Å². The van der Waals surface area contributed by atoms with Crippen LogP contribution in [-0.4, -0.2) is 23.5 Å². The van der Waals surface area contributed by atoms with Crippen molar-refractivity contribution in [2.75, 3.05) is 6.61 Å². The van der Waals surface area contributed by atoms with Crippen LogP contribution in [0.4, 0.5) is 0 Å². The fourth-order valence-electron chi connectivity index (χ4n) is 2.78. The van der Waals surface area contributed by atoms with Gasteiger partial charge in [-0.1, -0.05) is 66.7 Å². The minimum absolute atomic E-state index is 0.0127. The second kappa shape index (κ2) is 10.2. The third kappa shape index (κ3) is 5.65. The number of benzene rings is 3. The average molecular weight is 420 g/mol. The fourth-order valence-corrected chi connectivity index (χ4v) is 2.93. The zero-order valence-electron chi connectivity index (χ0n) is 16.3. The van der Waals surface area contributed by atoms with Crippen molar-refractivity contribution in [3.63, 3.8) is 0 Å². The first-order chi connectivity index (χ1) is 14.5. The molecule has 3 N–H and O–H groups in total. The van der Waals surface area contributed by atoms with E-state index in [1.165, 1.54) is 0 Å². The molecule has 2 amide bonds. The molecule has 0 fully saturated rings. The number of rotatable bonds is 5. The largest absolute Gasteiger partial charge is 0.483 e. The number of hydrogen-bond acceptors (Lipinski definition) is 4. The lowest BCUT2D eigenvalue weighted by molar-refractivity contribution is -0.123. The van der Waals surface area contributed by atoms with Crippen molar-refractivity contribution in [2.45, 2.75) is 6.92 Å². The standard InChI is InChI=1S/C23H21N3O3S/c1-16-9-5-6-12-18(16)22(28)24-23(30)26-25-21(27)15-29-20-14-8-7-13-19(20)17-10-3-2-4-11-17/h2-14H,15H2,1H3,(H,25,27)(H2,24,26,28,30). The molecule has 3 aromatic rings. The average Bonchev–Trinajstić information content (AvgIpc) is 2.77. The van der Waals surface area contributed by atoms with Crippen molar-refractivity contribution in [1.82, 2.24) is 16.2 Å². The summed E-state index contributed by atoms with van der Waals surface area (Å²) in [6, 6.07) is 24.4. The fraction of sp³-hybridized carbons (Fsp3) is 0.0870. The van der Waals surface area contributed by atoms with Crippen LogP contribution >= 0.6 is 12.2 Å². The molecule has 0 radical (unpaired) electrons. The summed E-state index contributed by atoms with van der Waals surface area (Å²) in [6.07, 6.45) is 0. The lowest BCUT2D eigenvalue weighted by Crippen LogP contribution is -2.49. The van der Waals surface area contributed by atoms with Crippen LogP contribution in [-0.2, 0) is 4.79 Å². The zero-order chi connectivity index (χ0) is 21.3. The van der Waals surface area contributed by atoms with E-state index in [2.05, 4.69) is 16.2 Å². The van der Waals surface area contributed by atoms with Crippen molar-refractivity contribution in [2.24, 2.45) is 0 Å². The van der Waals surface area contributed by atoms with Crippen molar-refractivity contribution < 1.29 is 14.3 Å². The molecule has 0 aliphatic carbocycles. The molecule has 3 aromatic carbocycles. The molecular formula is C23H21N3O3S. The lowest BCUT2D eigenvalue weighted by atomic mass is 10.1. The Morgan fingerprint density at radius 3 is 2.30 bits per heavy atom. The van der Waals surface area contributed by atoms with Crippen LogP contribution in [0.25, 0.3) is 11.1 Å². The molecule has 0 spiro atoms. The highest BCUT2D eigenvalue weighted by molar-refractivity contribution is 7.80. The van der Waals surface area contributed by atoms with Crippen molar-refractivity contribution >= 4 is 29.1 Å². The van der Waals surface area contributed by atoms with E-state index >= 15 is 0 Å². The maximum absolute atomic E-state index is 12.2. The van der Waals surface area contributed by atoms with Gasteiger partial charge in [0.05, 0.1) is 0 Å². The molecular weight excluding hydrogens is 398 g/mol. The van der Waals surface area contributed by atoms with Crippen LogP contribution in [0.15, 0.2) is 78.9 Å². The van der Waals surface area contributed by atoms with Crippen molar-refractivity contribution in [3.05, 3.63) is 90.0 Å². The molecule has 0 aromatic heterocycles. The van der Waals surface area contributed by atoms with Gasteiger partial charge in [-0.25, -0.2) is 0 Å². The summed E-state index contributed by atoms with van der Waals surface area (Å²) in [5, 5.41) is 2.51. The highest BCUT2D eigenvalue weighted by Crippen LogP contribution is 2.29. The highest BCUT2D eigenvalue weighted by Gasteiger charge is 2.11. The number of carbonyl (C=O) groups excluding carboxylic acids is 2. The lowest BCUT2D eigenvalue weighted by Gasteiger charge is -2.13. The summed E-state index contributed by atoms with van der Waals surface area (Å²) in [5.74, 6) is -0.201. The predicted molar refractivity (Wildman–Crippen MR) is 120 cm³/mol. The number of carbonyl (C=O) groups is 2. The monoisotopic (exact) mass is 419 g/mol. The Labute approximate surface area is 180 Å². The SMILES string of the molecule is Cc1ccccc1C(=O)NC(=S)NNC(=O)COc1ccccc1-c1ccccc1. The summed E-state index contributed by atoms with van der Waals surface area (Å²) in [7, 11) is 0. The maximum atomic E-state index is 12.2. The number of hydrazine groups is 1. The predicted octanol–water partition coefficient (Wildman–Crippen LogP) is 3.38. The molecule has 152 valence electrons. The molecule has 0 aliphatic heterocycles. The van der Waals surface area contributed by atoms with Gasteiger partial charge in [0.15, 0.2) is 11.7 Å². The van der Waals surface area contributed by atoms with Crippen molar-refractivity contribution in [3.8, 4) is 16.9 Å². The van der Waals surface area contributed by atoms with Gasteiger partial charge in [0, 0.05) is 11.1 Å². The van der Waals surface area contributed by atoms with Crippen LogP contribution in [0.2, 0.25) is 0 Å². The molecule has 0 bridgehead atoms. The van der Waals surface area contributed by atoms with E-state index in [9.17, 15) is 9.59 Å². The summed E-state index contributed by atoms with van der Waals surface area (Å²) >= 11 is 5.06. The summed E-state index contributed by atoms with van der Waals surface area (Å²) in [5.41, 5.74) is 8.13. The van der Waals surface area contributed by atoms with Crippen LogP contribution in [0.5, 0.6) is 5.75 Å². The highest BCUT2D eigenvalue weighted by atomic mass is 32.1. The summed E-state index contributed by atoms with van der Waals surface area (Å²) in [6.45, 7) is 1.61. The minimum atomic E-state index is -0.439. The van der Waals surface area contributed by atoms with E-state index < -0.39 is 5.91 Å². The first kappa shape index (κ1) is 21.0. The number of thiocarbonyl (C=S) groups is 1. The van der Waals surface area contributed by atoms with Gasteiger partial charge in [0.1, 0.15) is 5.75 Å². The number of ether oxygens (including phenoxy) is 1. The Balaban J connectivity index is 1.50. The Morgan fingerprint density at radius 2 is 1.53 bits per heavy atom. The molecule has 0 heterocycles. The Kier molecular flexibility index (Phi) is 7.13. The summed E-state index contributed by atoms with van der Waals surface area (Å²) in [4.78, 5) is 24.3. The Bertz CT molecular complexity index is 1050. The van der Waals surface area contributed by atoms with Gasteiger partial charge in [-0.15, -0.1) is 0 Å². The Hall–Kier alpha value is -3.71. The van der Waals surface area contributed by atoms with E-state index in [0.717, 1.165) is 16.7 Å². The van der Waals surface area contributed by atoms with E-state index in [-0.39, 0.29) is 17.6 Å². The molecule has 0 atom stereocenters. The number of amides is 2. The molecule has 0 unspecified atom stereocenters. The first-order valence-electron chi connectivity index (χ1n) is 9.27. The molecule has 7 heteroatoms. The Morgan fingerprint density at radius 1 is 0.867 bits per heavy atom.